The predicted octanol–water partition coefficient (Wildman–Crippen LogP) is 7.28. The van der Waals surface area contributed by atoms with E-state index in [1.165, 1.54) is 17.3 Å². The van der Waals surface area contributed by atoms with Gasteiger partial charge in [-0.1, -0.05) is 71.9 Å². The summed E-state index contributed by atoms with van der Waals surface area (Å²) in [6.07, 6.45) is 0. The molecule has 4 aromatic rings. The molecule has 1 aliphatic carbocycles. The molecular formula is C29H23NO2S. The van der Waals surface area contributed by atoms with Gasteiger partial charge in [-0.3, -0.25) is 9.59 Å². The van der Waals surface area contributed by atoms with E-state index in [9.17, 15) is 9.59 Å². The molecule has 0 saturated heterocycles. The normalized spacial score (nSPS) is 12.3. The molecule has 1 N–H and O–H groups in total. The molecule has 0 bridgehead atoms. The largest absolute Gasteiger partial charge is 0.354 e. The number of hydrogen-bond donors (Lipinski definition) is 1. The van der Waals surface area contributed by atoms with Crippen molar-refractivity contribution in [1.82, 2.24) is 0 Å². The first kappa shape index (κ1) is 21.2. The molecule has 0 aromatic heterocycles. The highest BCUT2D eigenvalue weighted by Crippen LogP contribution is 2.41. The van der Waals surface area contributed by atoms with Crippen LogP contribution in [0.1, 0.15) is 48.5 Å². The lowest BCUT2D eigenvalue weighted by Gasteiger charge is -2.24. The van der Waals surface area contributed by atoms with Crippen LogP contribution >= 0.6 is 11.8 Å². The summed E-state index contributed by atoms with van der Waals surface area (Å²) in [7, 11) is 0. The summed E-state index contributed by atoms with van der Waals surface area (Å²) in [6.45, 7) is 6.17. The molecule has 33 heavy (non-hydrogen) atoms. The van der Waals surface area contributed by atoms with Gasteiger partial charge in [0.15, 0.2) is 11.6 Å². The van der Waals surface area contributed by atoms with Gasteiger partial charge in [0.2, 0.25) is 0 Å². The molecule has 3 nitrogen and oxygen atoms in total. The number of carbonyl (C=O) groups excluding carboxylic acids is 2. The lowest BCUT2D eigenvalue weighted by molar-refractivity contribution is 0.0977. The van der Waals surface area contributed by atoms with Crippen molar-refractivity contribution in [3.8, 4) is 0 Å². The molecule has 0 radical (unpaired) electrons. The number of nitrogens with one attached hydrogen (secondary N) is 1. The van der Waals surface area contributed by atoms with Crippen LogP contribution in [-0.2, 0) is 0 Å². The third kappa shape index (κ3) is 3.77. The Balaban J connectivity index is 1.70. The van der Waals surface area contributed by atoms with Gasteiger partial charge >= 0.3 is 0 Å². The number of hydrogen-bond acceptors (Lipinski definition) is 4. The van der Waals surface area contributed by atoms with Crippen molar-refractivity contribution in [3.63, 3.8) is 0 Å². The van der Waals surface area contributed by atoms with Gasteiger partial charge in [0.25, 0.3) is 0 Å². The maximum atomic E-state index is 13.7. The number of aryl methyl sites for hydroxylation is 3. The van der Waals surface area contributed by atoms with E-state index in [2.05, 4.69) is 38.2 Å². The summed E-state index contributed by atoms with van der Waals surface area (Å²) < 4.78 is 0. The molecule has 0 spiro atoms. The van der Waals surface area contributed by atoms with Gasteiger partial charge in [-0.15, -0.1) is 0 Å². The highest BCUT2D eigenvalue weighted by molar-refractivity contribution is 7.99. The number of benzene rings is 4. The minimum absolute atomic E-state index is 0.111. The summed E-state index contributed by atoms with van der Waals surface area (Å²) in [5, 5.41) is 3.49. The summed E-state index contributed by atoms with van der Waals surface area (Å²) >= 11 is 1.51. The molecule has 0 atom stereocenters. The van der Waals surface area contributed by atoms with Gasteiger partial charge in [0, 0.05) is 32.2 Å². The van der Waals surface area contributed by atoms with Crippen LogP contribution in [0.5, 0.6) is 0 Å². The van der Waals surface area contributed by atoms with Gasteiger partial charge in [0.1, 0.15) is 0 Å². The zero-order chi connectivity index (χ0) is 23.1. The Morgan fingerprint density at radius 2 is 1.24 bits per heavy atom. The first-order valence-corrected chi connectivity index (χ1v) is 11.7. The second-order valence-electron chi connectivity index (χ2n) is 8.38. The lowest BCUT2D eigenvalue weighted by atomic mass is 9.83. The van der Waals surface area contributed by atoms with Crippen LogP contribution in [0.15, 0.2) is 88.7 Å². The molecule has 162 valence electrons. The van der Waals surface area contributed by atoms with Gasteiger partial charge < -0.3 is 5.32 Å². The Hall–Kier alpha value is -3.63. The third-order valence-electron chi connectivity index (χ3n) is 5.95. The van der Waals surface area contributed by atoms with E-state index in [-0.39, 0.29) is 11.6 Å². The van der Waals surface area contributed by atoms with E-state index in [0.29, 0.717) is 27.9 Å². The standard InChI is InChI=1S/C29H23NO2S/c1-17-15-18(2)27(19(3)16-17)30-23-13-14-24(33-20-9-5-4-6-10-20)26-25(23)28(31)21-11-7-8-12-22(21)29(26)32/h4-16,30H,1-3H3. The molecule has 5 rings (SSSR count). The van der Waals surface area contributed by atoms with E-state index in [0.717, 1.165) is 26.6 Å². The summed E-state index contributed by atoms with van der Waals surface area (Å²) in [5.74, 6) is -0.236. The SMILES string of the molecule is Cc1cc(C)c(Nc2ccc(Sc3ccccc3)c3c2C(=O)c2ccccc2C3=O)c(C)c1. The smallest absolute Gasteiger partial charge is 0.196 e. The maximum absolute atomic E-state index is 13.7. The molecular weight excluding hydrogens is 426 g/mol. The second kappa shape index (κ2) is 8.38. The van der Waals surface area contributed by atoms with Crippen molar-refractivity contribution < 1.29 is 9.59 Å². The van der Waals surface area contributed by atoms with Gasteiger partial charge in [-0.05, 0) is 56.2 Å². The van der Waals surface area contributed by atoms with Crippen LogP contribution in [0.3, 0.4) is 0 Å². The monoisotopic (exact) mass is 449 g/mol. The second-order valence-corrected chi connectivity index (χ2v) is 9.49. The van der Waals surface area contributed by atoms with Crippen LogP contribution < -0.4 is 5.32 Å². The summed E-state index contributed by atoms with van der Waals surface area (Å²) in [4.78, 5) is 29.1. The zero-order valence-corrected chi connectivity index (χ0v) is 19.5. The Morgan fingerprint density at radius 3 is 1.88 bits per heavy atom. The maximum Gasteiger partial charge on any atom is 0.196 e. The quantitative estimate of drug-likeness (QED) is 0.313. The van der Waals surface area contributed by atoms with Gasteiger partial charge in [0.05, 0.1) is 11.3 Å². The Kier molecular flexibility index (Phi) is 5.39. The van der Waals surface area contributed by atoms with Gasteiger partial charge in [-0.25, -0.2) is 0 Å². The minimum atomic E-state index is -0.124. The topological polar surface area (TPSA) is 46.2 Å². The van der Waals surface area contributed by atoms with Crippen LogP contribution in [0.25, 0.3) is 0 Å². The van der Waals surface area contributed by atoms with Crippen molar-refractivity contribution in [3.05, 3.63) is 118 Å². The number of carbonyl (C=O) groups is 2. The van der Waals surface area contributed by atoms with E-state index >= 15 is 0 Å². The van der Waals surface area contributed by atoms with E-state index in [1.807, 2.05) is 42.5 Å². The molecule has 0 saturated carbocycles. The van der Waals surface area contributed by atoms with Crippen molar-refractivity contribution in [2.45, 2.75) is 30.6 Å². The zero-order valence-electron chi connectivity index (χ0n) is 18.7. The molecule has 4 heteroatoms. The van der Waals surface area contributed by atoms with Crippen LogP contribution in [0, 0.1) is 20.8 Å². The Morgan fingerprint density at radius 1 is 0.667 bits per heavy atom. The lowest BCUT2D eigenvalue weighted by Crippen LogP contribution is -2.23. The average molecular weight is 450 g/mol. The van der Waals surface area contributed by atoms with E-state index in [4.69, 9.17) is 0 Å². The Labute approximate surface area is 197 Å². The third-order valence-corrected chi connectivity index (χ3v) is 7.01. The van der Waals surface area contributed by atoms with E-state index in [1.54, 1.807) is 24.3 Å². The fourth-order valence-electron chi connectivity index (χ4n) is 4.51. The van der Waals surface area contributed by atoms with Crippen molar-refractivity contribution >= 4 is 34.7 Å². The first-order valence-electron chi connectivity index (χ1n) is 10.9. The van der Waals surface area contributed by atoms with E-state index < -0.39 is 0 Å². The molecule has 0 unspecified atom stereocenters. The van der Waals surface area contributed by atoms with Crippen molar-refractivity contribution in [2.75, 3.05) is 5.32 Å². The highest BCUT2D eigenvalue weighted by Gasteiger charge is 2.34. The molecule has 0 aliphatic heterocycles. The predicted molar refractivity (Wildman–Crippen MR) is 134 cm³/mol. The van der Waals surface area contributed by atoms with Gasteiger partial charge in [-0.2, -0.15) is 0 Å². The number of ketones is 2. The molecule has 0 heterocycles. The molecule has 0 amide bonds. The van der Waals surface area contributed by atoms with Crippen LogP contribution in [-0.4, -0.2) is 11.6 Å². The highest BCUT2D eigenvalue weighted by atomic mass is 32.2. The fourth-order valence-corrected chi connectivity index (χ4v) is 5.49. The molecule has 4 aromatic carbocycles. The van der Waals surface area contributed by atoms with Crippen LogP contribution in [0.2, 0.25) is 0 Å². The fraction of sp³-hybridized carbons (Fsp3) is 0.103. The number of rotatable bonds is 4. The number of anilines is 2. The van der Waals surface area contributed by atoms with Crippen molar-refractivity contribution in [1.29, 1.82) is 0 Å². The summed E-state index contributed by atoms with van der Waals surface area (Å²) in [6, 6.07) is 25.1. The average Bonchev–Trinajstić information content (AvgIpc) is 2.81. The first-order chi connectivity index (χ1) is 15.9. The minimum Gasteiger partial charge on any atom is -0.354 e. The van der Waals surface area contributed by atoms with Crippen LogP contribution in [0.4, 0.5) is 11.4 Å². The number of fused-ring (bicyclic) bond motifs is 2. The summed E-state index contributed by atoms with van der Waals surface area (Å²) in [5.41, 5.74) is 6.84. The molecule has 0 fully saturated rings. The van der Waals surface area contributed by atoms with Crippen molar-refractivity contribution in [2.24, 2.45) is 0 Å². The Bertz CT molecular complexity index is 1400. The molecule has 1 aliphatic rings.